The molecule has 0 spiro atoms. The van der Waals surface area contributed by atoms with Crippen molar-refractivity contribution in [1.82, 2.24) is 4.90 Å². The van der Waals surface area contributed by atoms with E-state index in [0.717, 1.165) is 16.7 Å². The highest BCUT2D eigenvalue weighted by atomic mass is 35.5. The highest BCUT2D eigenvalue weighted by molar-refractivity contribution is 6.30. The second kappa shape index (κ2) is 11.4. The summed E-state index contributed by atoms with van der Waals surface area (Å²) in [5, 5.41) is 9.82. The average molecular weight is 511 g/mol. The first-order chi connectivity index (χ1) is 17.0. The molecule has 8 heteroatoms. The van der Waals surface area contributed by atoms with Gasteiger partial charge in [0.1, 0.15) is 11.9 Å². The van der Waals surface area contributed by atoms with Gasteiger partial charge in [-0.2, -0.15) is 0 Å². The van der Waals surface area contributed by atoms with Gasteiger partial charge in [-0.25, -0.2) is 4.39 Å². The highest BCUT2D eigenvalue weighted by Crippen LogP contribution is 2.29. The SMILES string of the molecule is CC(C)(Cc1ccc(F)cc1)N(C(=O)c1ccc(-c2ccc(Cl)cc2)cc1)[C@@H](CCC(=O)O)C(N)=O. The molecule has 0 saturated heterocycles. The Hall–Kier alpha value is -3.71. The fourth-order valence-corrected chi connectivity index (χ4v) is 4.40. The summed E-state index contributed by atoms with van der Waals surface area (Å²) < 4.78 is 13.4. The molecule has 3 rings (SSSR count). The van der Waals surface area contributed by atoms with E-state index >= 15 is 0 Å². The molecule has 1 atom stereocenters. The zero-order valence-electron chi connectivity index (χ0n) is 20.1. The zero-order chi connectivity index (χ0) is 26.5. The average Bonchev–Trinajstić information content (AvgIpc) is 2.83. The van der Waals surface area contributed by atoms with E-state index in [1.54, 1.807) is 62.4 Å². The summed E-state index contributed by atoms with van der Waals surface area (Å²) in [5.74, 6) is -2.74. The van der Waals surface area contributed by atoms with Gasteiger partial charge in [-0.1, -0.05) is 48.0 Å². The summed E-state index contributed by atoms with van der Waals surface area (Å²) in [6, 6.07) is 18.9. The fraction of sp³-hybridized carbons (Fsp3) is 0.250. The number of aliphatic carboxylic acids is 1. The third kappa shape index (κ3) is 6.70. The number of hydrogen-bond acceptors (Lipinski definition) is 3. The number of amides is 2. The second-order valence-electron chi connectivity index (χ2n) is 9.23. The molecule has 2 amide bonds. The Morgan fingerprint density at radius 1 is 0.944 bits per heavy atom. The van der Waals surface area contributed by atoms with E-state index in [4.69, 9.17) is 17.3 Å². The Morgan fingerprint density at radius 2 is 1.47 bits per heavy atom. The molecule has 3 aromatic rings. The summed E-state index contributed by atoms with van der Waals surface area (Å²) in [6.45, 7) is 3.54. The van der Waals surface area contributed by atoms with Crippen molar-refractivity contribution >= 4 is 29.4 Å². The molecule has 0 heterocycles. The standard InChI is InChI=1S/C28H28ClFN2O4/c1-28(2,17-18-3-13-23(30)14-4-18)32(24(26(31)35)15-16-25(33)34)27(36)21-7-5-19(6-8-21)20-9-11-22(29)12-10-20/h3-14,24H,15-17H2,1-2H3,(H2,31,35)(H,33,34)/t24-/m0/s1. The molecule has 0 aromatic heterocycles. The number of nitrogens with two attached hydrogens (primary N) is 1. The van der Waals surface area contributed by atoms with E-state index in [-0.39, 0.29) is 18.7 Å². The third-order valence-electron chi connectivity index (χ3n) is 6.00. The minimum atomic E-state index is -1.15. The Labute approximate surface area is 214 Å². The quantitative estimate of drug-likeness (QED) is 0.385. The van der Waals surface area contributed by atoms with Crippen LogP contribution in [-0.2, 0) is 16.0 Å². The highest BCUT2D eigenvalue weighted by Gasteiger charge is 2.39. The number of nitrogens with zero attached hydrogens (tertiary/aromatic N) is 1. The van der Waals surface area contributed by atoms with E-state index < -0.39 is 29.4 Å². The number of carboxylic acids is 1. The number of benzene rings is 3. The number of carbonyl (C=O) groups excluding carboxylic acids is 2. The van der Waals surface area contributed by atoms with Gasteiger partial charge in [0.2, 0.25) is 5.91 Å². The number of rotatable bonds is 10. The van der Waals surface area contributed by atoms with Gasteiger partial charge in [0.05, 0.1) is 0 Å². The molecule has 36 heavy (non-hydrogen) atoms. The molecule has 3 aromatic carbocycles. The molecule has 0 fully saturated rings. The van der Waals surface area contributed by atoms with Gasteiger partial charge in [0, 0.05) is 22.5 Å². The summed E-state index contributed by atoms with van der Waals surface area (Å²) in [7, 11) is 0. The molecule has 0 aliphatic rings. The lowest BCUT2D eigenvalue weighted by molar-refractivity contribution is -0.137. The van der Waals surface area contributed by atoms with Gasteiger partial charge in [0.25, 0.3) is 5.91 Å². The summed E-state index contributed by atoms with van der Waals surface area (Å²) in [4.78, 5) is 38.9. The van der Waals surface area contributed by atoms with Gasteiger partial charge < -0.3 is 15.7 Å². The lowest BCUT2D eigenvalue weighted by atomic mass is 9.89. The van der Waals surface area contributed by atoms with Crippen molar-refractivity contribution in [3.05, 3.63) is 94.8 Å². The first kappa shape index (κ1) is 26.9. The van der Waals surface area contributed by atoms with E-state index in [0.29, 0.717) is 17.0 Å². The molecular formula is C28H28ClFN2O4. The molecule has 3 N–H and O–H groups in total. The summed E-state index contributed by atoms with van der Waals surface area (Å²) in [5.41, 5.74) is 7.58. The normalized spacial score (nSPS) is 12.1. The predicted octanol–water partition coefficient (Wildman–Crippen LogP) is 5.33. The second-order valence-corrected chi connectivity index (χ2v) is 9.66. The number of hydrogen-bond donors (Lipinski definition) is 2. The van der Waals surface area contributed by atoms with Crippen LogP contribution in [0, 0.1) is 5.82 Å². The van der Waals surface area contributed by atoms with Gasteiger partial charge in [-0.05, 0) is 79.8 Å². The smallest absolute Gasteiger partial charge is 0.303 e. The van der Waals surface area contributed by atoms with Crippen LogP contribution in [0.4, 0.5) is 4.39 Å². The summed E-state index contributed by atoms with van der Waals surface area (Å²) in [6.07, 6.45) is -0.176. The van der Waals surface area contributed by atoms with Crippen molar-refractivity contribution in [2.24, 2.45) is 5.73 Å². The van der Waals surface area contributed by atoms with E-state index in [1.807, 2.05) is 12.1 Å². The lowest BCUT2D eigenvalue weighted by Crippen LogP contribution is -2.58. The number of carboxylic acid groups (broad SMARTS) is 1. The van der Waals surface area contributed by atoms with Crippen molar-refractivity contribution in [2.75, 3.05) is 0 Å². The van der Waals surface area contributed by atoms with Crippen LogP contribution < -0.4 is 5.73 Å². The maximum absolute atomic E-state index is 13.8. The predicted molar refractivity (Wildman–Crippen MR) is 137 cm³/mol. The van der Waals surface area contributed by atoms with E-state index in [2.05, 4.69) is 0 Å². The monoisotopic (exact) mass is 510 g/mol. The first-order valence-corrected chi connectivity index (χ1v) is 11.8. The molecule has 0 radical (unpaired) electrons. The fourth-order valence-electron chi connectivity index (χ4n) is 4.27. The molecule has 0 aliphatic carbocycles. The molecule has 0 saturated carbocycles. The van der Waals surface area contributed by atoms with Crippen molar-refractivity contribution in [3.63, 3.8) is 0 Å². The maximum Gasteiger partial charge on any atom is 0.303 e. The van der Waals surface area contributed by atoms with Crippen molar-refractivity contribution in [3.8, 4) is 11.1 Å². The van der Waals surface area contributed by atoms with Crippen LogP contribution >= 0.6 is 11.6 Å². The Balaban J connectivity index is 1.98. The van der Waals surface area contributed by atoms with Crippen molar-refractivity contribution in [2.45, 2.75) is 44.7 Å². The molecule has 0 unspecified atom stereocenters. The van der Waals surface area contributed by atoms with Crippen LogP contribution in [-0.4, -0.2) is 39.4 Å². The van der Waals surface area contributed by atoms with Gasteiger partial charge >= 0.3 is 5.97 Å². The Morgan fingerprint density at radius 3 is 1.97 bits per heavy atom. The minimum Gasteiger partial charge on any atom is -0.481 e. The van der Waals surface area contributed by atoms with Gasteiger partial charge in [-0.15, -0.1) is 0 Å². The first-order valence-electron chi connectivity index (χ1n) is 11.4. The Kier molecular flexibility index (Phi) is 8.48. The summed E-state index contributed by atoms with van der Waals surface area (Å²) >= 11 is 5.97. The third-order valence-corrected chi connectivity index (χ3v) is 6.25. The molecule has 6 nitrogen and oxygen atoms in total. The van der Waals surface area contributed by atoms with E-state index in [1.165, 1.54) is 17.0 Å². The van der Waals surface area contributed by atoms with Crippen LogP contribution in [0.15, 0.2) is 72.8 Å². The zero-order valence-corrected chi connectivity index (χ0v) is 20.8. The molecule has 0 aliphatic heterocycles. The molecule has 0 bridgehead atoms. The molecular weight excluding hydrogens is 483 g/mol. The van der Waals surface area contributed by atoms with Gasteiger partial charge in [-0.3, -0.25) is 14.4 Å². The Bertz CT molecular complexity index is 1230. The van der Waals surface area contributed by atoms with Crippen molar-refractivity contribution in [1.29, 1.82) is 0 Å². The number of halogens is 2. The topological polar surface area (TPSA) is 101 Å². The van der Waals surface area contributed by atoms with Crippen LogP contribution in [0.2, 0.25) is 5.02 Å². The van der Waals surface area contributed by atoms with Crippen LogP contribution in [0.25, 0.3) is 11.1 Å². The molecule has 188 valence electrons. The number of primary amides is 1. The van der Waals surface area contributed by atoms with Crippen molar-refractivity contribution < 1.29 is 23.9 Å². The van der Waals surface area contributed by atoms with Crippen LogP contribution in [0.5, 0.6) is 0 Å². The minimum absolute atomic E-state index is 0.133. The maximum atomic E-state index is 13.8. The van der Waals surface area contributed by atoms with Crippen LogP contribution in [0.1, 0.15) is 42.6 Å². The van der Waals surface area contributed by atoms with Crippen LogP contribution in [0.3, 0.4) is 0 Å². The van der Waals surface area contributed by atoms with E-state index in [9.17, 15) is 23.9 Å². The largest absolute Gasteiger partial charge is 0.481 e. The van der Waals surface area contributed by atoms with Gasteiger partial charge in [0.15, 0.2) is 0 Å². The number of carbonyl (C=O) groups is 3. The lowest BCUT2D eigenvalue weighted by Gasteiger charge is -2.43.